The Kier molecular flexibility index (Phi) is 3.91. The van der Waals surface area contributed by atoms with E-state index in [0.29, 0.717) is 6.42 Å². The van der Waals surface area contributed by atoms with Crippen molar-refractivity contribution in [2.24, 2.45) is 17.1 Å². The van der Waals surface area contributed by atoms with Crippen LogP contribution in [-0.2, 0) is 9.59 Å². The molecular formula is C9H17NO3. The second kappa shape index (κ2) is 4.25. The standard InChI is InChI=1S/C9H17NO3/c1-4-6(2)5-9(3,7(10)11)8(12)13/h6H,4-5H2,1-3H3,(H2,10,11)(H,12,13). The maximum atomic E-state index is 11.0. The highest BCUT2D eigenvalue weighted by molar-refractivity contribution is 6.00. The summed E-state index contributed by atoms with van der Waals surface area (Å²) in [4.78, 5) is 21.8. The fourth-order valence-electron chi connectivity index (χ4n) is 1.13. The minimum Gasteiger partial charge on any atom is -0.480 e. The lowest BCUT2D eigenvalue weighted by atomic mass is 9.80. The van der Waals surface area contributed by atoms with E-state index in [-0.39, 0.29) is 5.92 Å². The summed E-state index contributed by atoms with van der Waals surface area (Å²) in [6.07, 6.45) is 1.14. The molecule has 0 saturated heterocycles. The molecule has 76 valence electrons. The van der Waals surface area contributed by atoms with Gasteiger partial charge in [-0.3, -0.25) is 9.59 Å². The van der Waals surface area contributed by atoms with Crippen LogP contribution in [0.5, 0.6) is 0 Å². The molecule has 0 rings (SSSR count). The summed E-state index contributed by atoms with van der Waals surface area (Å²) in [5.74, 6) is -1.71. The highest BCUT2D eigenvalue weighted by Crippen LogP contribution is 2.27. The summed E-state index contributed by atoms with van der Waals surface area (Å²) in [5, 5.41) is 8.85. The SMILES string of the molecule is CCC(C)CC(C)(C(N)=O)C(=O)O. The minimum absolute atomic E-state index is 0.189. The molecule has 0 aromatic carbocycles. The van der Waals surface area contributed by atoms with E-state index in [1.807, 2.05) is 13.8 Å². The third kappa shape index (κ3) is 2.72. The average molecular weight is 187 g/mol. The highest BCUT2D eigenvalue weighted by atomic mass is 16.4. The van der Waals surface area contributed by atoms with E-state index in [9.17, 15) is 9.59 Å². The summed E-state index contributed by atoms with van der Waals surface area (Å²) in [6, 6.07) is 0. The molecule has 0 aliphatic carbocycles. The molecule has 0 bridgehead atoms. The van der Waals surface area contributed by atoms with Gasteiger partial charge in [0.1, 0.15) is 5.41 Å². The molecule has 2 atom stereocenters. The van der Waals surface area contributed by atoms with Crippen LogP contribution in [0.2, 0.25) is 0 Å². The Morgan fingerprint density at radius 2 is 2.00 bits per heavy atom. The molecule has 0 saturated carbocycles. The molecule has 2 unspecified atom stereocenters. The number of carboxylic acid groups (broad SMARTS) is 1. The second-order valence-electron chi connectivity index (χ2n) is 3.72. The molecule has 0 aliphatic rings. The van der Waals surface area contributed by atoms with Crippen molar-refractivity contribution in [1.29, 1.82) is 0 Å². The van der Waals surface area contributed by atoms with E-state index < -0.39 is 17.3 Å². The predicted octanol–water partition coefficient (Wildman–Crippen LogP) is 0.999. The number of carbonyl (C=O) groups is 2. The van der Waals surface area contributed by atoms with Crippen LogP contribution in [-0.4, -0.2) is 17.0 Å². The van der Waals surface area contributed by atoms with Crippen LogP contribution >= 0.6 is 0 Å². The van der Waals surface area contributed by atoms with Crippen molar-refractivity contribution in [3.8, 4) is 0 Å². The van der Waals surface area contributed by atoms with Crippen molar-refractivity contribution in [2.45, 2.75) is 33.6 Å². The Morgan fingerprint density at radius 1 is 1.54 bits per heavy atom. The van der Waals surface area contributed by atoms with Gasteiger partial charge in [0.2, 0.25) is 5.91 Å². The second-order valence-corrected chi connectivity index (χ2v) is 3.72. The van der Waals surface area contributed by atoms with Gasteiger partial charge in [0.25, 0.3) is 0 Å². The minimum atomic E-state index is -1.42. The Hall–Kier alpha value is -1.06. The zero-order chi connectivity index (χ0) is 10.6. The number of nitrogens with two attached hydrogens (primary N) is 1. The summed E-state index contributed by atoms with van der Waals surface area (Å²) in [5.41, 5.74) is 3.63. The van der Waals surface area contributed by atoms with Crippen molar-refractivity contribution in [2.75, 3.05) is 0 Å². The topological polar surface area (TPSA) is 80.4 Å². The molecule has 0 aliphatic heterocycles. The largest absolute Gasteiger partial charge is 0.480 e. The van der Waals surface area contributed by atoms with Gasteiger partial charge in [-0.05, 0) is 19.3 Å². The first-order valence-corrected chi connectivity index (χ1v) is 4.38. The van der Waals surface area contributed by atoms with E-state index in [2.05, 4.69) is 0 Å². The van der Waals surface area contributed by atoms with Gasteiger partial charge in [0, 0.05) is 0 Å². The first-order valence-electron chi connectivity index (χ1n) is 4.38. The van der Waals surface area contributed by atoms with Crippen LogP contribution in [0.15, 0.2) is 0 Å². The van der Waals surface area contributed by atoms with Gasteiger partial charge in [-0.2, -0.15) is 0 Å². The van der Waals surface area contributed by atoms with Gasteiger partial charge in [-0.25, -0.2) is 0 Å². The predicted molar refractivity (Wildman–Crippen MR) is 49.0 cm³/mol. The monoisotopic (exact) mass is 187 g/mol. The first kappa shape index (κ1) is 11.9. The van der Waals surface area contributed by atoms with Gasteiger partial charge in [0.05, 0.1) is 0 Å². The van der Waals surface area contributed by atoms with Gasteiger partial charge in [0.15, 0.2) is 0 Å². The van der Waals surface area contributed by atoms with E-state index in [4.69, 9.17) is 10.8 Å². The fraction of sp³-hybridized carbons (Fsp3) is 0.778. The van der Waals surface area contributed by atoms with Gasteiger partial charge in [-0.1, -0.05) is 20.3 Å². The number of amides is 1. The Morgan fingerprint density at radius 3 is 2.23 bits per heavy atom. The summed E-state index contributed by atoms with van der Waals surface area (Å²) < 4.78 is 0. The number of aliphatic carboxylic acids is 1. The summed E-state index contributed by atoms with van der Waals surface area (Å²) >= 11 is 0. The average Bonchev–Trinajstić information content (AvgIpc) is 2.03. The molecule has 0 aromatic rings. The lowest BCUT2D eigenvalue weighted by Gasteiger charge is -2.23. The molecule has 0 aromatic heterocycles. The number of carboxylic acids is 1. The summed E-state index contributed by atoms with van der Waals surface area (Å²) in [7, 11) is 0. The van der Waals surface area contributed by atoms with Crippen LogP contribution in [0.1, 0.15) is 33.6 Å². The Bertz CT molecular complexity index is 199. The van der Waals surface area contributed by atoms with Crippen LogP contribution in [0.4, 0.5) is 0 Å². The van der Waals surface area contributed by atoms with Crippen molar-refractivity contribution < 1.29 is 14.7 Å². The third-order valence-electron chi connectivity index (χ3n) is 2.47. The molecule has 0 fully saturated rings. The van der Waals surface area contributed by atoms with Crippen LogP contribution in [0.3, 0.4) is 0 Å². The van der Waals surface area contributed by atoms with Crippen LogP contribution in [0.25, 0.3) is 0 Å². The normalized spacial score (nSPS) is 17.5. The quantitative estimate of drug-likeness (QED) is 0.630. The van der Waals surface area contributed by atoms with Crippen molar-refractivity contribution >= 4 is 11.9 Å². The van der Waals surface area contributed by atoms with Gasteiger partial charge in [-0.15, -0.1) is 0 Å². The molecule has 4 nitrogen and oxygen atoms in total. The molecule has 1 amide bonds. The lowest BCUT2D eigenvalue weighted by molar-refractivity contribution is -0.154. The zero-order valence-corrected chi connectivity index (χ0v) is 8.33. The lowest BCUT2D eigenvalue weighted by Crippen LogP contribution is -2.42. The summed E-state index contributed by atoms with van der Waals surface area (Å²) in [6.45, 7) is 5.24. The first-order chi connectivity index (χ1) is 5.84. The zero-order valence-electron chi connectivity index (χ0n) is 8.33. The molecule has 4 heteroatoms. The maximum Gasteiger partial charge on any atom is 0.318 e. The fourth-order valence-corrected chi connectivity index (χ4v) is 1.13. The molecule has 3 N–H and O–H groups in total. The van der Waals surface area contributed by atoms with E-state index in [0.717, 1.165) is 6.42 Å². The number of hydrogen-bond donors (Lipinski definition) is 2. The molecule has 0 radical (unpaired) electrons. The number of carbonyl (C=O) groups excluding carboxylic acids is 1. The van der Waals surface area contributed by atoms with Crippen molar-refractivity contribution in [1.82, 2.24) is 0 Å². The Balaban J connectivity index is 4.61. The molecule has 13 heavy (non-hydrogen) atoms. The smallest absolute Gasteiger partial charge is 0.318 e. The van der Waals surface area contributed by atoms with E-state index in [1.54, 1.807) is 0 Å². The van der Waals surface area contributed by atoms with Crippen molar-refractivity contribution in [3.63, 3.8) is 0 Å². The Labute approximate surface area is 78.1 Å². The highest BCUT2D eigenvalue weighted by Gasteiger charge is 2.40. The van der Waals surface area contributed by atoms with E-state index in [1.165, 1.54) is 6.92 Å². The van der Waals surface area contributed by atoms with Crippen LogP contribution in [0, 0.1) is 11.3 Å². The van der Waals surface area contributed by atoms with Crippen molar-refractivity contribution in [3.05, 3.63) is 0 Å². The van der Waals surface area contributed by atoms with E-state index >= 15 is 0 Å². The number of rotatable bonds is 5. The molecular weight excluding hydrogens is 170 g/mol. The maximum absolute atomic E-state index is 11.0. The number of hydrogen-bond acceptors (Lipinski definition) is 2. The third-order valence-corrected chi connectivity index (χ3v) is 2.47. The molecule has 0 heterocycles. The van der Waals surface area contributed by atoms with Gasteiger partial charge >= 0.3 is 5.97 Å². The molecule has 0 spiro atoms. The number of primary amides is 1. The van der Waals surface area contributed by atoms with Crippen LogP contribution < -0.4 is 5.73 Å². The van der Waals surface area contributed by atoms with Gasteiger partial charge < -0.3 is 10.8 Å².